The molecule has 1 saturated heterocycles. The lowest BCUT2D eigenvalue weighted by atomic mass is 9.99. The molecule has 4 heteroatoms. The zero-order valence-corrected chi connectivity index (χ0v) is 15.6. The minimum atomic E-state index is 0.400. The van der Waals surface area contributed by atoms with Crippen molar-refractivity contribution in [1.29, 1.82) is 0 Å². The van der Waals surface area contributed by atoms with Gasteiger partial charge in [-0.1, -0.05) is 18.5 Å². The van der Waals surface area contributed by atoms with Crippen LogP contribution in [0.25, 0.3) is 0 Å². The highest BCUT2D eigenvalue weighted by atomic mass is 127. The highest BCUT2D eigenvalue weighted by Crippen LogP contribution is 2.28. The van der Waals surface area contributed by atoms with E-state index in [9.17, 15) is 0 Å². The zero-order chi connectivity index (χ0) is 15.1. The predicted octanol–water partition coefficient (Wildman–Crippen LogP) is 5.33. The molecule has 0 aliphatic carbocycles. The Morgan fingerprint density at radius 2 is 2.33 bits per heavy atom. The third-order valence-corrected chi connectivity index (χ3v) is 5.23. The fourth-order valence-corrected chi connectivity index (χ4v) is 3.78. The van der Waals surface area contributed by atoms with Gasteiger partial charge in [-0.05, 0) is 91.4 Å². The SMILES string of the molecule is CCCNC(CCCC1CCCO1)c1cc(Cl)ccc1I. The molecule has 0 aromatic heterocycles. The molecule has 2 rings (SSSR count). The van der Waals surface area contributed by atoms with Crippen LogP contribution in [0.5, 0.6) is 0 Å². The van der Waals surface area contributed by atoms with Gasteiger partial charge in [-0.3, -0.25) is 0 Å². The van der Waals surface area contributed by atoms with Crippen LogP contribution in [0.2, 0.25) is 5.02 Å². The number of hydrogen-bond donors (Lipinski definition) is 1. The molecule has 2 unspecified atom stereocenters. The van der Waals surface area contributed by atoms with E-state index in [1.165, 1.54) is 34.8 Å². The van der Waals surface area contributed by atoms with Gasteiger partial charge in [0.2, 0.25) is 0 Å². The van der Waals surface area contributed by atoms with Crippen LogP contribution in [0.4, 0.5) is 0 Å². The van der Waals surface area contributed by atoms with Crippen molar-refractivity contribution >= 4 is 34.2 Å². The highest BCUT2D eigenvalue weighted by Gasteiger charge is 2.18. The zero-order valence-electron chi connectivity index (χ0n) is 12.7. The van der Waals surface area contributed by atoms with Gasteiger partial charge in [0.15, 0.2) is 0 Å². The van der Waals surface area contributed by atoms with Gasteiger partial charge in [-0.15, -0.1) is 0 Å². The molecule has 118 valence electrons. The van der Waals surface area contributed by atoms with Crippen molar-refractivity contribution in [1.82, 2.24) is 5.32 Å². The first-order valence-corrected chi connectivity index (χ1v) is 9.46. The molecular weight excluding hydrogens is 397 g/mol. The molecule has 2 atom stereocenters. The van der Waals surface area contributed by atoms with Gasteiger partial charge in [0.05, 0.1) is 6.10 Å². The summed E-state index contributed by atoms with van der Waals surface area (Å²) in [6.07, 6.45) is 7.65. The van der Waals surface area contributed by atoms with E-state index >= 15 is 0 Å². The lowest BCUT2D eigenvalue weighted by molar-refractivity contribution is 0.101. The molecule has 0 bridgehead atoms. The third kappa shape index (κ3) is 5.70. The summed E-state index contributed by atoms with van der Waals surface area (Å²) in [5, 5.41) is 4.50. The summed E-state index contributed by atoms with van der Waals surface area (Å²) in [6.45, 7) is 4.21. The maximum atomic E-state index is 6.18. The van der Waals surface area contributed by atoms with Gasteiger partial charge < -0.3 is 10.1 Å². The highest BCUT2D eigenvalue weighted by molar-refractivity contribution is 14.1. The normalized spacial score (nSPS) is 19.9. The molecule has 1 aromatic carbocycles. The number of nitrogens with one attached hydrogen (secondary N) is 1. The first-order valence-electron chi connectivity index (χ1n) is 8.00. The van der Waals surface area contributed by atoms with Gasteiger partial charge in [0.1, 0.15) is 0 Å². The van der Waals surface area contributed by atoms with E-state index in [0.29, 0.717) is 12.1 Å². The van der Waals surface area contributed by atoms with E-state index in [-0.39, 0.29) is 0 Å². The molecule has 1 N–H and O–H groups in total. The number of halogens is 2. The molecular formula is C17H25ClINO. The topological polar surface area (TPSA) is 21.3 Å². The predicted molar refractivity (Wildman–Crippen MR) is 98.0 cm³/mol. The summed E-state index contributed by atoms with van der Waals surface area (Å²) in [4.78, 5) is 0. The molecule has 21 heavy (non-hydrogen) atoms. The molecule has 0 radical (unpaired) electrons. The largest absolute Gasteiger partial charge is 0.378 e. The standard InChI is InChI=1S/C17H25ClINO/c1-2-10-20-17(7-3-5-14-6-4-11-21-14)15-12-13(18)8-9-16(15)19/h8-9,12,14,17,20H,2-7,10-11H2,1H3. The quantitative estimate of drug-likeness (QED) is 0.572. The Balaban J connectivity index is 1.94. The van der Waals surface area contributed by atoms with Crippen molar-refractivity contribution in [2.24, 2.45) is 0 Å². The minimum Gasteiger partial charge on any atom is -0.378 e. The number of ether oxygens (including phenoxy) is 1. The third-order valence-electron chi connectivity index (χ3n) is 4.02. The Morgan fingerprint density at radius 1 is 1.48 bits per heavy atom. The van der Waals surface area contributed by atoms with Gasteiger partial charge >= 0.3 is 0 Å². The summed E-state index contributed by atoms with van der Waals surface area (Å²) in [5.74, 6) is 0. The van der Waals surface area contributed by atoms with Crippen LogP contribution in [-0.2, 0) is 4.74 Å². The van der Waals surface area contributed by atoms with Crippen molar-refractivity contribution in [2.45, 2.75) is 57.6 Å². The Kier molecular flexibility index (Phi) is 7.78. The molecule has 0 spiro atoms. The van der Waals surface area contributed by atoms with E-state index in [1.807, 2.05) is 6.07 Å². The number of rotatable bonds is 8. The van der Waals surface area contributed by atoms with Crippen LogP contribution < -0.4 is 5.32 Å². The van der Waals surface area contributed by atoms with Crippen LogP contribution in [-0.4, -0.2) is 19.3 Å². The van der Waals surface area contributed by atoms with Crippen LogP contribution in [0.1, 0.15) is 57.1 Å². The van der Waals surface area contributed by atoms with E-state index in [0.717, 1.165) is 31.0 Å². The van der Waals surface area contributed by atoms with Crippen molar-refractivity contribution in [3.8, 4) is 0 Å². The van der Waals surface area contributed by atoms with Crippen molar-refractivity contribution in [3.05, 3.63) is 32.4 Å². The Hall–Kier alpha value is 0.160. The molecule has 1 fully saturated rings. The van der Waals surface area contributed by atoms with Gasteiger partial charge in [-0.25, -0.2) is 0 Å². The van der Waals surface area contributed by atoms with Gasteiger partial charge in [0, 0.05) is 21.2 Å². The smallest absolute Gasteiger partial charge is 0.0576 e. The van der Waals surface area contributed by atoms with Crippen LogP contribution in [0.15, 0.2) is 18.2 Å². The summed E-state index contributed by atoms with van der Waals surface area (Å²) >= 11 is 8.59. The fraction of sp³-hybridized carbons (Fsp3) is 0.647. The summed E-state index contributed by atoms with van der Waals surface area (Å²) in [6, 6.07) is 6.59. The second kappa shape index (κ2) is 9.33. The van der Waals surface area contributed by atoms with Crippen molar-refractivity contribution < 1.29 is 4.74 Å². The number of hydrogen-bond acceptors (Lipinski definition) is 2. The lowest BCUT2D eigenvalue weighted by Gasteiger charge is -2.21. The van der Waals surface area contributed by atoms with Crippen LogP contribution >= 0.6 is 34.2 Å². The van der Waals surface area contributed by atoms with E-state index in [2.05, 4.69) is 47.0 Å². The molecule has 1 aliphatic heterocycles. The van der Waals surface area contributed by atoms with E-state index in [4.69, 9.17) is 16.3 Å². The lowest BCUT2D eigenvalue weighted by Crippen LogP contribution is -2.23. The molecule has 0 saturated carbocycles. The fourth-order valence-electron chi connectivity index (χ4n) is 2.89. The van der Waals surface area contributed by atoms with E-state index < -0.39 is 0 Å². The van der Waals surface area contributed by atoms with Gasteiger partial charge in [0.25, 0.3) is 0 Å². The first kappa shape index (κ1) is 17.5. The summed E-state index contributed by atoms with van der Waals surface area (Å²) in [5.41, 5.74) is 1.34. The molecule has 1 aliphatic rings. The first-order chi connectivity index (χ1) is 10.2. The minimum absolute atomic E-state index is 0.400. The Labute approximate surface area is 147 Å². The van der Waals surface area contributed by atoms with Gasteiger partial charge in [-0.2, -0.15) is 0 Å². The Bertz CT molecular complexity index is 435. The average molecular weight is 422 g/mol. The molecule has 1 heterocycles. The van der Waals surface area contributed by atoms with Crippen molar-refractivity contribution in [3.63, 3.8) is 0 Å². The number of benzene rings is 1. The van der Waals surface area contributed by atoms with Crippen LogP contribution in [0, 0.1) is 3.57 Å². The Morgan fingerprint density at radius 3 is 3.05 bits per heavy atom. The second-order valence-corrected chi connectivity index (χ2v) is 7.34. The second-order valence-electron chi connectivity index (χ2n) is 5.74. The molecule has 2 nitrogen and oxygen atoms in total. The summed E-state index contributed by atoms with van der Waals surface area (Å²) in [7, 11) is 0. The average Bonchev–Trinajstić information content (AvgIpc) is 2.99. The molecule has 0 amide bonds. The monoisotopic (exact) mass is 421 g/mol. The van der Waals surface area contributed by atoms with Crippen LogP contribution in [0.3, 0.4) is 0 Å². The van der Waals surface area contributed by atoms with Crippen molar-refractivity contribution in [2.75, 3.05) is 13.2 Å². The maximum Gasteiger partial charge on any atom is 0.0576 e. The summed E-state index contributed by atoms with van der Waals surface area (Å²) < 4.78 is 7.02. The van der Waals surface area contributed by atoms with E-state index in [1.54, 1.807) is 0 Å². The maximum absolute atomic E-state index is 6.18. The molecule has 1 aromatic rings.